The maximum Gasteiger partial charge on any atom is 0.220 e. The lowest BCUT2D eigenvalue weighted by Crippen LogP contribution is -2.26. The van der Waals surface area contributed by atoms with Crippen LogP contribution in [0, 0.1) is 6.92 Å². The smallest absolute Gasteiger partial charge is 0.220 e. The highest BCUT2D eigenvalue weighted by molar-refractivity contribution is 5.93. The van der Waals surface area contributed by atoms with Gasteiger partial charge in [0.15, 0.2) is 0 Å². The van der Waals surface area contributed by atoms with Crippen molar-refractivity contribution in [2.24, 2.45) is 0 Å². The molecule has 2 aromatic rings. The number of nitrogen functional groups attached to an aromatic ring is 1. The fourth-order valence-electron chi connectivity index (χ4n) is 1.90. The van der Waals surface area contributed by atoms with Gasteiger partial charge in [-0.05, 0) is 39.8 Å². The molecule has 0 bridgehead atoms. The highest BCUT2D eigenvalue weighted by Crippen LogP contribution is 2.27. The Hall–Kier alpha value is -1.84. The number of benzene rings is 1. The average molecular weight is 230 g/mol. The van der Waals surface area contributed by atoms with Crippen LogP contribution in [0.25, 0.3) is 10.9 Å². The van der Waals surface area contributed by atoms with E-state index in [1.54, 1.807) is 0 Å². The molecule has 4 nitrogen and oxygen atoms in total. The standard InChI is InChI=1S/C13H18N4/c1-8-11-9(16-12(14)15-8)6-5-7-10(11)17-13(2,3)4/h5-7,17H,1-4H3,(H2,14,15,16). The van der Waals surface area contributed by atoms with Crippen LogP contribution in [-0.4, -0.2) is 15.5 Å². The van der Waals surface area contributed by atoms with Gasteiger partial charge < -0.3 is 11.1 Å². The SMILES string of the molecule is Cc1nc(N)nc2cccc(NC(C)(C)C)c12. The van der Waals surface area contributed by atoms with Crippen molar-refractivity contribution < 1.29 is 0 Å². The minimum atomic E-state index is 0.00209. The number of hydrogen-bond acceptors (Lipinski definition) is 4. The first-order chi connectivity index (χ1) is 7.87. The number of nitrogens with zero attached hydrogens (tertiary/aromatic N) is 2. The first-order valence-electron chi connectivity index (χ1n) is 5.68. The molecule has 3 N–H and O–H groups in total. The van der Waals surface area contributed by atoms with Gasteiger partial charge in [-0.1, -0.05) is 6.07 Å². The number of aromatic nitrogens is 2. The van der Waals surface area contributed by atoms with Gasteiger partial charge in [-0.3, -0.25) is 0 Å². The van der Waals surface area contributed by atoms with Crippen molar-refractivity contribution >= 4 is 22.5 Å². The highest BCUT2D eigenvalue weighted by atomic mass is 15.0. The number of anilines is 2. The molecular weight excluding hydrogens is 212 g/mol. The van der Waals surface area contributed by atoms with E-state index in [2.05, 4.69) is 36.1 Å². The van der Waals surface area contributed by atoms with Gasteiger partial charge in [0.25, 0.3) is 0 Å². The highest BCUT2D eigenvalue weighted by Gasteiger charge is 2.13. The monoisotopic (exact) mass is 230 g/mol. The van der Waals surface area contributed by atoms with E-state index in [4.69, 9.17) is 5.73 Å². The molecule has 0 aliphatic carbocycles. The van der Waals surface area contributed by atoms with Crippen molar-refractivity contribution in [3.63, 3.8) is 0 Å². The van der Waals surface area contributed by atoms with Crippen molar-refractivity contribution in [2.75, 3.05) is 11.1 Å². The van der Waals surface area contributed by atoms with Crippen molar-refractivity contribution in [1.82, 2.24) is 9.97 Å². The number of nitrogens with two attached hydrogens (primary N) is 1. The van der Waals surface area contributed by atoms with E-state index in [0.717, 1.165) is 22.3 Å². The lowest BCUT2D eigenvalue weighted by atomic mass is 10.1. The molecule has 1 aromatic heterocycles. The lowest BCUT2D eigenvalue weighted by Gasteiger charge is -2.23. The first kappa shape index (κ1) is 11.6. The Morgan fingerprint density at radius 2 is 1.88 bits per heavy atom. The molecule has 0 atom stereocenters. The Balaban J connectivity index is 2.65. The van der Waals surface area contributed by atoms with E-state index in [0.29, 0.717) is 5.95 Å². The van der Waals surface area contributed by atoms with E-state index in [9.17, 15) is 0 Å². The van der Waals surface area contributed by atoms with Crippen molar-refractivity contribution in [1.29, 1.82) is 0 Å². The third-order valence-electron chi connectivity index (χ3n) is 2.43. The molecule has 0 aliphatic rings. The maximum atomic E-state index is 5.66. The van der Waals surface area contributed by atoms with Crippen LogP contribution in [0.15, 0.2) is 18.2 Å². The Bertz CT molecular complexity index is 555. The second-order valence-electron chi connectivity index (χ2n) is 5.24. The minimum absolute atomic E-state index is 0.00209. The molecule has 2 rings (SSSR count). The predicted octanol–water partition coefficient (Wildman–Crippen LogP) is 2.73. The minimum Gasteiger partial charge on any atom is -0.380 e. The molecule has 0 spiro atoms. The Kier molecular flexibility index (Phi) is 2.65. The third-order valence-corrected chi connectivity index (χ3v) is 2.43. The topological polar surface area (TPSA) is 63.8 Å². The van der Waals surface area contributed by atoms with Crippen LogP contribution in [0.1, 0.15) is 26.5 Å². The van der Waals surface area contributed by atoms with Crippen LogP contribution in [0.4, 0.5) is 11.6 Å². The van der Waals surface area contributed by atoms with Gasteiger partial charge in [-0.15, -0.1) is 0 Å². The number of aryl methyl sites for hydroxylation is 1. The Morgan fingerprint density at radius 1 is 1.18 bits per heavy atom. The molecule has 0 saturated heterocycles. The zero-order chi connectivity index (χ0) is 12.6. The van der Waals surface area contributed by atoms with Crippen molar-refractivity contribution in [3.8, 4) is 0 Å². The molecule has 0 aliphatic heterocycles. The molecule has 0 radical (unpaired) electrons. The quantitative estimate of drug-likeness (QED) is 0.790. The van der Waals surface area contributed by atoms with E-state index in [1.165, 1.54) is 0 Å². The fraction of sp³-hybridized carbons (Fsp3) is 0.385. The van der Waals surface area contributed by atoms with E-state index in [-0.39, 0.29) is 5.54 Å². The van der Waals surface area contributed by atoms with Crippen molar-refractivity contribution in [2.45, 2.75) is 33.2 Å². The molecule has 0 saturated carbocycles. The molecule has 1 heterocycles. The Morgan fingerprint density at radius 3 is 2.53 bits per heavy atom. The molecule has 0 fully saturated rings. The van der Waals surface area contributed by atoms with Gasteiger partial charge in [0.2, 0.25) is 5.95 Å². The summed E-state index contributed by atoms with van der Waals surface area (Å²) in [7, 11) is 0. The maximum absolute atomic E-state index is 5.66. The van der Waals surface area contributed by atoms with Crippen LogP contribution in [-0.2, 0) is 0 Å². The van der Waals surface area contributed by atoms with Gasteiger partial charge in [0, 0.05) is 16.6 Å². The second kappa shape index (κ2) is 3.87. The van der Waals surface area contributed by atoms with Gasteiger partial charge in [0.05, 0.1) is 11.2 Å². The van der Waals surface area contributed by atoms with Crippen LogP contribution < -0.4 is 11.1 Å². The molecule has 4 heteroatoms. The van der Waals surface area contributed by atoms with Gasteiger partial charge >= 0.3 is 0 Å². The fourth-order valence-corrected chi connectivity index (χ4v) is 1.90. The number of fused-ring (bicyclic) bond motifs is 1. The summed E-state index contributed by atoms with van der Waals surface area (Å²) < 4.78 is 0. The average Bonchev–Trinajstić information content (AvgIpc) is 2.13. The summed E-state index contributed by atoms with van der Waals surface area (Å²) in [6.45, 7) is 8.33. The third kappa shape index (κ3) is 2.46. The van der Waals surface area contributed by atoms with Gasteiger partial charge in [0.1, 0.15) is 0 Å². The van der Waals surface area contributed by atoms with Crippen molar-refractivity contribution in [3.05, 3.63) is 23.9 Å². The zero-order valence-corrected chi connectivity index (χ0v) is 10.7. The number of nitrogens with one attached hydrogen (secondary N) is 1. The normalized spacial score (nSPS) is 11.8. The first-order valence-corrected chi connectivity index (χ1v) is 5.68. The summed E-state index contributed by atoms with van der Waals surface area (Å²) in [5, 5.41) is 4.50. The lowest BCUT2D eigenvalue weighted by molar-refractivity contribution is 0.635. The van der Waals surface area contributed by atoms with E-state index in [1.807, 2.05) is 25.1 Å². The number of rotatable bonds is 1. The van der Waals surface area contributed by atoms with E-state index >= 15 is 0 Å². The molecule has 17 heavy (non-hydrogen) atoms. The molecule has 0 unspecified atom stereocenters. The molecular formula is C13H18N4. The predicted molar refractivity (Wildman–Crippen MR) is 72.1 cm³/mol. The largest absolute Gasteiger partial charge is 0.380 e. The second-order valence-corrected chi connectivity index (χ2v) is 5.24. The summed E-state index contributed by atoms with van der Waals surface area (Å²) in [6, 6.07) is 5.97. The van der Waals surface area contributed by atoms with E-state index < -0.39 is 0 Å². The molecule has 90 valence electrons. The van der Waals surface area contributed by atoms with Crippen LogP contribution in [0.5, 0.6) is 0 Å². The van der Waals surface area contributed by atoms with Crippen LogP contribution >= 0.6 is 0 Å². The number of hydrogen-bond donors (Lipinski definition) is 2. The summed E-state index contributed by atoms with van der Waals surface area (Å²) in [4.78, 5) is 8.47. The molecule has 1 aromatic carbocycles. The van der Waals surface area contributed by atoms with Gasteiger partial charge in [-0.25, -0.2) is 9.97 Å². The molecule has 0 amide bonds. The Labute approximate surface area is 101 Å². The summed E-state index contributed by atoms with van der Waals surface area (Å²) in [6.07, 6.45) is 0. The summed E-state index contributed by atoms with van der Waals surface area (Å²) in [5.41, 5.74) is 8.49. The van der Waals surface area contributed by atoms with Crippen LogP contribution in [0.2, 0.25) is 0 Å². The summed E-state index contributed by atoms with van der Waals surface area (Å²) in [5.74, 6) is 0.322. The van der Waals surface area contributed by atoms with Gasteiger partial charge in [-0.2, -0.15) is 0 Å². The summed E-state index contributed by atoms with van der Waals surface area (Å²) >= 11 is 0. The zero-order valence-electron chi connectivity index (χ0n) is 10.7. The van der Waals surface area contributed by atoms with Crippen LogP contribution in [0.3, 0.4) is 0 Å².